The molecule has 0 bridgehead atoms. The van der Waals surface area contributed by atoms with Gasteiger partial charge in [-0.1, -0.05) is 53.5 Å². The number of hydrogen-bond acceptors (Lipinski definition) is 6. The Hall–Kier alpha value is -4.45. The first-order chi connectivity index (χ1) is 22.0. The van der Waals surface area contributed by atoms with Crippen LogP contribution in [0, 0.1) is 5.82 Å². The average molecular weight is 669 g/mol. The van der Waals surface area contributed by atoms with Crippen LogP contribution in [0.4, 0.5) is 10.1 Å². The molecule has 3 aromatic carbocycles. The highest BCUT2D eigenvalue weighted by Gasteiger charge is 2.22. The van der Waals surface area contributed by atoms with Crippen molar-refractivity contribution in [3.05, 3.63) is 103 Å². The molecule has 0 saturated carbocycles. The molecule has 3 N–H and O–H groups in total. The fourth-order valence-corrected chi connectivity index (χ4v) is 5.94. The van der Waals surface area contributed by atoms with Gasteiger partial charge in [-0.2, -0.15) is 0 Å². The predicted molar refractivity (Wildman–Crippen MR) is 176 cm³/mol. The second-order valence-corrected chi connectivity index (χ2v) is 11.6. The molecule has 10 nitrogen and oxygen atoms in total. The van der Waals surface area contributed by atoms with Crippen LogP contribution in [0.3, 0.4) is 0 Å². The third kappa shape index (κ3) is 6.72. The third-order valence-corrected chi connectivity index (χ3v) is 8.64. The third-order valence-electron chi connectivity index (χ3n) is 7.83. The van der Waals surface area contributed by atoms with E-state index in [2.05, 4.69) is 16.0 Å². The Morgan fingerprint density at radius 1 is 1.04 bits per heavy atom. The topological polar surface area (TPSA) is 123 Å². The summed E-state index contributed by atoms with van der Waals surface area (Å²) in [6.07, 6.45) is 2.25. The molecule has 0 unspecified atom stereocenters. The number of nitrogens with zero attached hydrogens (tertiary/aromatic N) is 2. The molecule has 240 valence electrons. The van der Waals surface area contributed by atoms with E-state index in [4.69, 9.17) is 27.9 Å². The maximum absolute atomic E-state index is 15.6. The van der Waals surface area contributed by atoms with Gasteiger partial charge < -0.3 is 25.3 Å². The van der Waals surface area contributed by atoms with Crippen molar-refractivity contribution in [3.63, 3.8) is 0 Å². The number of ether oxygens (including phenoxy) is 1. The fourth-order valence-electron chi connectivity index (χ4n) is 5.33. The minimum atomic E-state index is -0.744. The molecule has 2 heterocycles. The zero-order valence-corrected chi connectivity index (χ0v) is 26.9. The summed E-state index contributed by atoms with van der Waals surface area (Å²) >= 11 is 13.7. The number of carbonyl (C=O) groups excluding carboxylic acids is 2. The van der Waals surface area contributed by atoms with E-state index in [1.54, 1.807) is 42.5 Å². The van der Waals surface area contributed by atoms with Crippen molar-refractivity contribution < 1.29 is 18.7 Å². The molecule has 1 aliphatic rings. The van der Waals surface area contributed by atoms with Crippen LogP contribution in [0.5, 0.6) is 5.75 Å². The quantitative estimate of drug-likeness (QED) is 0.234. The van der Waals surface area contributed by atoms with Crippen molar-refractivity contribution in [1.82, 2.24) is 19.8 Å². The normalized spacial score (nSPS) is 14.6. The Labute approximate surface area is 274 Å². The highest BCUT2D eigenvalue weighted by Crippen LogP contribution is 2.42. The van der Waals surface area contributed by atoms with Gasteiger partial charge in [-0.15, -0.1) is 0 Å². The number of aromatic nitrogens is 2. The van der Waals surface area contributed by atoms with Crippen molar-refractivity contribution in [2.45, 2.75) is 32.4 Å². The van der Waals surface area contributed by atoms with Crippen LogP contribution in [0.2, 0.25) is 10.0 Å². The summed E-state index contributed by atoms with van der Waals surface area (Å²) < 4.78 is 23.5. The van der Waals surface area contributed by atoms with Crippen LogP contribution >= 0.6 is 23.2 Å². The zero-order chi connectivity index (χ0) is 33.1. The monoisotopic (exact) mass is 667 g/mol. The van der Waals surface area contributed by atoms with E-state index in [1.165, 1.54) is 26.4 Å². The van der Waals surface area contributed by atoms with Crippen molar-refractivity contribution >= 4 is 40.7 Å². The molecule has 46 heavy (non-hydrogen) atoms. The van der Waals surface area contributed by atoms with Crippen LogP contribution in [-0.4, -0.2) is 40.1 Å². The zero-order valence-electron chi connectivity index (χ0n) is 25.4. The largest absolute Gasteiger partial charge is 0.493 e. The Kier molecular flexibility index (Phi) is 9.95. The van der Waals surface area contributed by atoms with Crippen LogP contribution in [0.1, 0.15) is 35.7 Å². The smallest absolute Gasteiger partial charge is 0.330 e. The molecule has 5 rings (SSSR count). The number of hydrogen-bond donors (Lipinski definition) is 3. The minimum absolute atomic E-state index is 0.00820. The average Bonchev–Trinajstić information content (AvgIpc) is 3.03. The van der Waals surface area contributed by atoms with Crippen LogP contribution in [0.25, 0.3) is 22.3 Å². The van der Waals surface area contributed by atoms with E-state index in [1.807, 2.05) is 6.92 Å². The van der Waals surface area contributed by atoms with Gasteiger partial charge in [-0.05, 0) is 37.1 Å². The van der Waals surface area contributed by atoms with E-state index in [9.17, 15) is 19.2 Å². The molecule has 13 heteroatoms. The predicted octanol–water partition coefficient (Wildman–Crippen LogP) is 4.88. The first-order valence-corrected chi connectivity index (χ1v) is 15.4. The lowest BCUT2D eigenvalue weighted by atomic mass is 9.97. The molecule has 1 aromatic heterocycles. The molecule has 1 atom stereocenters. The maximum atomic E-state index is 15.6. The highest BCUT2D eigenvalue weighted by molar-refractivity contribution is 6.39. The number of benzene rings is 3. The standard InChI is InChI=1S/C33H32Cl2FN5O5/c1-4-46-27-14-18(13-25(36)23(27)16-37-19-11-12-28(42)38-15-19)20-7-5-8-21(29(20)34)22-9-6-10-26(30(22)35)39-31(43)24-17-40(2)33(45)41(3)32(24)44/h5-10,13-14,17,19,37H,4,11-12,15-16H2,1-3H3,(H,38,42)(H,39,43)/t19-/m0/s1. The number of piperidine rings is 1. The number of halogens is 3. The lowest BCUT2D eigenvalue weighted by Crippen LogP contribution is -2.45. The van der Waals surface area contributed by atoms with Gasteiger partial charge in [0.25, 0.3) is 11.5 Å². The number of amides is 2. The van der Waals surface area contributed by atoms with Crippen molar-refractivity contribution in [2.24, 2.45) is 14.1 Å². The number of carbonyl (C=O) groups is 2. The van der Waals surface area contributed by atoms with Crippen molar-refractivity contribution in [1.29, 1.82) is 0 Å². The molecule has 4 aromatic rings. The molecule has 0 radical (unpaired) electrons. The van der Waals surface area contributed by atoms with Crippen LogP contribution in [-0.2, 0) is 25.4 Å². The van der Waals surface area contributed by atoms with Gasteiger partial charge in [0.2, 0.25) is 5.91 Å². The lowest BCUT2D eigenvalue weighted by Gasteiger charge is -2.24. The summed E-state index contributed by atoms with van der Waals surface area (Å²) in [7, 11) is 2.73. The van der Waals surface area contributed by atoms with E-state index in [-0.39, 0.29) is 34.8 Å². The Bertz CT molecular complexity index is 1950. The number of nitrogens with one attached hydrogen (secondary N) is 3. The summed E-state index contributed by atoms with van der Waals surface area (Å²) in [6.45, 7) is 2.83. The molecule has 1 aliphatic heterocycles. The van der Waals surface area contributed by atoms with E-state index in [0.717, 1.165) is 9.13 Å². The molecular formula is C33H32Cl2FN5O5. The molecule has 0 aliphatic carbocycles. The van der Waals surface area contributed by atoms with Gasteiger partial charge >= 0.3 is 5.69 Å². The minimum Gasteiger partial charge on any atom is -0.493 e. The molecular weight excluding hydrogens is 636 g/mol. The second kappa shape index (κ2) is 13.9. The van der Waals surface area contributed by atoms with Crippen molar-refractivity contribution in [3.8, 4) is 28.0 Å². The number of rotatable bonds is 9. The van der Waals surface area contributed by atoms with Gasteiger partial charge in [0, 0.05) is 68.1 Å². The van der Waals surface area contributed by atoms with Gasteiger partial charge in [-0.3, -0.25) is 19.0 Å². The van der Waals surface area contributed by atoms with Crippen molar-refractivity contribution in [2.75, 3.05) is 18.5 Å². The Balaban J connectivity index is 1.45. The number of anilines is 1. The summed E-state index contributed by atoms with van der Waals surface area (Å²) in [5, 5.41) is 9.24. The Morgan fingerprint density at radius 2 is 1.74 bits per heavy atom. The first kappa shape index (κ1) is 32.9. The fraction of sp³-hybridized carbons (Fsp3) is 0.273. The number of aryl methyl sites for hydroxylation is 1. The van der Waals surface area contributed by atoms with E-state index >= 15 is 4.39 Å². The van der Waals surface area contributed by atoms with Gasteiger partial charge in [-0.25, -0.2) is 9.18 Å². The maximum Gasteiger partial charge on any atom is 0.330 e. The molecule has 1 fully saturated rings. The van der Waals surface area contributed by atoms with E-state index < -0.39 is 23.0 Å². The lowest BCUT2D eigenvalue weighted by molar-refractivity contribution is -0.122. The summed E-state index contributed by atoms with van der Waals surface area (Å²) in [5.74, 6) is -0.827. The molecule has 1 saturated heterocycles. The van der Waals surface area contributed by atoms with Gasteiger partial charge in [0.15, 0.2) is 0 Å². The van der Waals surface area contributed by atoms with Gasteiger partial charge in [0.1, 0.15) is 17.1 Å². The molecule has 2 amide bonds. The summed E-state index contributed by atoms with van der Waals surface area (Å²) in [6, 6.07) is 13.4. The highest BCUT2D eigenvalue weighted by atomic mass is 35.5. The van der Waals surface area contributed by atoms with Crippen LogP contribution < -0.4 is 31.9 Å². The Morgan fingerprint density at radius 3 is 2.43 bits per heavy atom. The SMILES string of the molecule is CCOc1cc(-c2cccc(-c3cccc(NC(=O)c4cn(C)c(=O)n(C)c4=O)c3Cl)c2Cl)cc(F)c1CN[C@H]1CCC(=O)NC1. The van der Waals surface area contributed by atoms with E-state index in [0.29, 0.717) is 64.6 Å². The summed E-state index contributed by atoms with van der Waals surface area (Å²) in [4.78, 5) is 49.2. The summed E-state index contributed by atoms with van der Waals surface area (Å²) in [5.41, 5.74) is 1.10. The second-order valence-electron chi connectivity index (χ2n) is 10.9. The van der Waals surface area contributed by atoms with Gasteiger partial charge in [0.05, 0.1) is 22.3 Å². The molecule has 0 spiro atoms. The first-order valence-electron chi connectivity index (χ1n) is 14.6. The van der Waals surface area contributed by atoms with Crippen LogP contribution in [0.15, 0.2) is 64.3 Å².